The van der Waals surface area contributed by atoms with Crippen LogP contribution in [0.1, 0.15) is 4.88 Å². The lowest BCUT2D eigenvalue weighted by Gasteiger charge is -1.87. The lowest BCUT2D eigenvalue weighted by Crippen LogP contribution is -1.93. The normalized spacial score (nSPS) is 8.46. The molecule has 0 aromatic carbocycles. The Morgan fingerprint density at radius 3 is 2.85 bits per heavy atom. The van der Waals surface area contributed by atoms with E-state index < -0.39 is 5.97 Å². The van der Waals surface area contributed by atoms with Crippen LogP contribution in [0.3, 0.4) is 0 Å². The van der Waals surface area contributed by atoms with Gasteiger partial charge in [-0.15, -0.1) is 11.3 Å². The molecule has 0 fully saturated rings. The van der Waals surface area contributed by atoms with E-state index in [0.717, 1.165) is 10.6 Å². The van der Waals surface area contributed by atoms with Crippen LogP contribution < -0.4 is 4.74 Å². The Morgan fingerprint density at radius 1 is 1.54 bits per heavy atom. The smallest absolute Gasteiger partial charge is 0.384 e. The number of thiophene rings is 1. The van der Waals surface area contributed by atoms with Gasteiger partial charge in [-0.2, -0.15) is 0 Å². The minimum atomic E-state index is -0.535. The highest BCUT2D eigenvalue weighted by Gasteiger charge is 1.96. The molecule has 4 heteroatoms. The lowest BCUT2D eigenvalue weighted by molar-refractivity contribution is -0.133. The molecule has 0 atom stereocenters. The SMILES string of the molecule is COC(=O)C#Cc1cc(OC)cs1. The zero-order valence-corrected chi connectivity index (χ0v) is 8.10. The minimum absolute atomic E-state index is 0.535. The van der Waals surface area contributed by atoms with Gasteiger partial charge in [0.2, 0.25) is 0 Å². The highest BCUT2D eigenvalue weighted by atomic mass is 32.1. The molecule has 1 aromatic rings. The minimum Gasteiger partial charge on any atom is -0.496 e. The van der Waals surface area contributed by atoms with Crippen LogP contribution in [0.25, 0.3) is 0 Å². The molecule has 0 amide bonds. The predicted octanol–water partition coefficient (Wildman–Crippen LogP) is 1.28. The Bertz CT molecular complexity index is 356. The van der Waals surface area contributed by atoms with Crippen LogP contribution in [-0.2, 0) is 9.53 Å². The molecule has 1 rings (SSSR count). The van der Waals surface area contributed by atoms with Crippen LogP contribution in [-0.4, -0.2) is 20.2 Å². The van der Waals surface area contributed by atoms with Gasteiger partial charge < -0.3 is 9.47 Å². The van der Waals surface area contributed by atoms with Crippen LogP contribution in [0.4, 0.5) is 0 Å². The number of hydrogen-bond acceptors (Lipinski definition) is 4. The van der Waals surface area contributed by atoms with Crippen molar-refractivity contribution in [3.63, 3.8) is 0 Å². The third-order valence-corrected chi connectivity index (χ3v) is 2.11. The second kappa shape index (κ2) is 4.53. The first-order chi connectivity index (χ1) is 6.26. The number of ether oxygens (including phenoxy) is 2. The summed E-state index contributed by atoms with van der Waals surface area (Å²) in [6, 6.07) is 1.76. The molecule has 1 heterocycles. The zero-order valence-electron chi connectivity index (χ0n) is 7.29. The van der Waals surface area contributed by atoms with Crippen molar-refractivity contribution in [1.29, 1.82) is 0 Å². The summed E-state index contributed by atoms with van der Waals surface area (Å²) in [7, 11) is 2.88. The van der Waals surface area contributed by atoms with Crippen molar-refractivity contribution >= 4 is 17.3 Å². The molecule has 1 aromatic heterocycles. The van der Waals surface area contributed by atoms with Gasteiger partial charge in [0.1, 0.15) is 5.75 Å². The molecule has 0 saturated heterocycles. The van der Waals surface area contributed by atoms with Gasteiger partial charge in [0, 0.05) is 17.4 Å². The predicted molar refractivity (Wildman–Crippen MR) is 49.8 cm³/mol. The van der Waals surface area contributed by atoms with Gasteiger partial charge in [0.15, 0.2) is 0 Å². The van der Waals surface area contributed by atoms with Gasteiger partial charge in [-0.25, -0.2) is 4.79 Å². The average molecular weight is 196 g/mol. The van der Waals surface area contributed by atoms with E-state index in [9.17, 15) is 4.79 Å². The molecular weight excluding hydrogens is 188 g/mol. The van der Waals surface area contributed by atoms with Gasteiger partial charge in [-0.1, -0.05) is 0 Å². The van der Waals surface area contributed by atoms with E-state index in [1.807, 2.05) is 5.38 Å². The van der Waals surface area contributed by atoms with E-state index in [1.165, 1.54) is 18.4 Å². The van der Waals surface area contributed by atoms with Crippen LogP contribution in [0.5, 0.6) is 5.75 Å². The van der Waals surface area contributed by atoms with E-state index in [-0.39, 0.29) is 0 Å². The number of esters is 1. The summed E-state index contributed by atoms with van der Waals surface area (Å²) < 4.78 is 9.32. The van der Waals surface area contributed by atoms with Crippen molar-refractivity contribution in [1.82, 2.24) is 0 Å². The van der Waals surface area contributed by atoms with Crippen LogP contribution in [0.15, 0.2) is 11.4 Å². The summed E-state index contributed by atoms with van der Waals surface area (Å²) in [6.07, 6.45) is 0. The molecular formula is C9H8O3S. The van der Waals surface area contributed by atoms with Crippen LogP contribution in [0, 0.1) is 11.8 Å². The summed E-state index contributed by atoms with van der Waals surface area (Å²) in [6.45, 7) is 0. The quantitative estimate of drug-likeness (QED) is 0.501. The fourth-order valence-corrected chi connectivity index (χ4v) is 1.36. The first-order valence-corrected chi connectivity index (χ1v) is 4.36. The maximum atomic E-state index is 10.6. The highest BCUT2D eigenvalue weighted by molar-refractivity contribution is 7.10. The van der Waals surface area contributed by atoms with Gasteiger partial charge >= 0.3 is 5.97 Å². The monoisotopic (exact) mass is 196 g/mol. The van der Waals surface area contributed by atoms with Gasteiger partial charge in [-0.3, -0.25) is 0 Å². The van der Waals surface area contributed by atoms with Crippen molar-refractivity contribution in [2.75, 3.05) is 14.2 Å². The second-order valence-corrected chi connectivity index (χ2v) is 3.00. The molecule has 0 spiro atoms. The van der Waals surface area contributed by atoms with Gasteiger partial charge in [0.05, 0.1) is 19.1 Å². The number of methoxy groups -OCH3 is 2. The Morgan fingerprint density at radius 2 is 2.31 bits per heavy atom. The summed E-state index contributed by atoms with van der Waals surface area (Å²) in [5.74, 6) is 5.21. The Balaban J connectivity index is 2.72. The lowest BCUT2D eigenvalue weighted by atomic mass is 10.4. The first-order valence-electron chi connectivity index (χ1n) is 3.48. The third kappa shape index (κ3) is 2.80. The molecule has 0 aliphatic heterocycles. The molecule has 68 valence electrons. The molecule has 13 heavy (non-hydrogen) atoms. The fraction of sp³-hybridized carbons (Fsp3) is 0.222. The van der Waals surface area contributed by atoms with Crippen molar-refractivity contribution in [2.45, 2.75) is 0 Å². The van der Waals surface area contributed by atoms with Crippen molar-refractivity contribution in [3.05, 3.63) is 16.3 Å². The maximum Gasteiger partial charge on any atom is 0.384 e. The number of hydrogen-bond donors (Lipinski definition) is 0. The third-order valence-electron chi connectivity index (χ3n) is 1.28. The largest absolute Gasteiger partial charge is 0.496 e. The number of carbonyl (C=O) groups is 1. The second-order valence-electron chi connectivity index (χ2n) is 2.09. The van der Waals surface area contributed by atoms with E-state index >= 15 is 0 Å². The Hall–Kier alpha value is -1.47. The fourth-order valence-electron chi connectivity index (χ4n) is 0.655. The summed E-state index contributed by atoms with van der Waals surface area (Å²) in [4.78, 5) is 11.4. The van der Waals surface area contributed by atoms with Crippen molar-refractivity contribution < 1.29 is 14.3 Å². The van der Waals surface area contributed by atoms with E-state index in [2.05, 4.69) is 16.6 Å². The zero-order chi connectivity index (χ0) is 9.68. The van der Waals surface area contributed by atoms with Crippen molar-refractivity contribution in [2.24, 2.45) is 0 Å². The molecule has 3 nitrogen and oxygen atoms in total. The van der Waals surface area contributed by atoms with Crippen molar-refractivity contribution in [3.8, 4) is 17.6 Å². The molecule has 0 aliphatic carbocycles. The number of carbonyl (C=O) groups excluding carboxylic acids is 1. The first kappa shape index (κ1) is 9.62. The van der Waals surface area contributed by atoms with E-state index in [4.69, 9.17) is 4.74 Å². The molecule has 0 aliphatic rings. The van der Waals surface area contributed by atoms with E-state index in [1.54, 1.807) is 13.2 Å². The summed E-state index contributed by atoms with van der Waals surface area (Å²) in [5.41, 5.74) is 0. The molecule has 0 radical (unpaired) electrons. The summed E-state index contributed by atoms with van der Waals surface area (Å²) >= 11 is 1.42. The Labute approximate surface area is 80.3 Å². The maximum absolute atomic E-state index is 10.6. The van der Waals surface area contributed by atoms with Crippen LogP contribution >= 0.6 is 11.3 Å². The van der Waals surface area contributed by atoms with Crippen LogP contribution in [0.2, 0.25) is 0 Å². The molecule has 0 saturated carbocycles. The Kier molecular flexibility index (Phi) is 3.35. The van der Waals surface area contributed by atoms with Gasteiger partial charge in [0.25, 0.3) is 0 Å². The molecule has 0 N–H and O–H groups in total. The van der Waals surface area contributed by atoms with Gasteiger partial charge in [-0.05, 0) is 5.92 Å². The standard InChI is InChI=1S/C9H8O3S/c1-11-7-5-8(13-6-7)3-4-9(10)12-2/h5-6H,1-2H3. The summed E-state index contributed by atoms with van der Waals surface area (Å²) in [5, 5.41) is 1.82. The van der Waals surface area contributed by atoms with E-state index in [0.29, 0.717) is 0 Å². The average Bonchev–Trinajstić information content (AvgIpc) is 2.61. The number of rotatable bonds is 1. The molecule has 0 bridgehead atoms. The highest BCUT2D eigenvalue weighted by Crippen LogP contribution is 2.19. The molecule has 0 unspecified atom stereocenters. The topological polar surface area (TPSA) is 35.5 Å².